The van der Waals surface area contributed by atoms with Gasteiger partial charge in [0.25, 0.3) is 0 Å². The number of aryl methyl sites for hydroxylation is 2. The van der Waals surface area contributed by atoms with E-state index in [9.17, 15) is 19.5 Å². The Labute approximate surface area is 180 Å². The van der Waals surface area contributed by atoms with Crippen LogP contribution in [0.5, 0.6) is 0 Å². The third-order valence-electron chi connectivity index (χ3n) is 6.60. The molecule has 1 aromatic carbocycles. The third kappa shape index (κ3) is 3.12. The van der Waals surface area contributed by atoms with Gasteiger partial charge in [0.05, 0.1) is 29.8 Å². The van der Waals surface area contributed by atoms with Crippen LogP contribution in [0.1, 0.15) is 30.9 Å². The second kappa shape index (κ2) is 7.89. The van der Waals surface area contributed by atoms with Crippen molar-refractivity contribution in [2.24, 2.45) is 11.8 Å². The van der Waals surface area contributed by atoms with Crippen LogP contribution in [0.4, 0.5) is 5.69 Å². The molecule has 8 heteroatoms. The Kier molecular flexibility index (Phi) is 5.57. The minimum Gasteiger partial charge on any atom is -0.466 e. The minimum atomic E-state index is -0.725. The number of carbonyl (C=O) groups excluding carboxylic acids is 3. The Bertz CT molecular complexity index is 890. The van der Waals surface area contributed by atoms with Gasteiger partial charge in [-0.1, -0.05) is 12.1 Å². The molecule has 0 saturated carbocycles. The first-order valence-electron chi connectivity index (χ1n) is 10.5. The zero-order valence-electron chi connectivity index (χ0n) is 17.5. The predicted molar refractivity (Wildman–Crippen MR) is 114 cm³/mol. The quantitative estimate of drug-likeness (QED) is 0.667. The highest BCUT2D eigenvalue weighted by atomic mass is 32.2. The highest BCUT2D eigenvalue weighted by molar-refractivity contribution is 8.02. The van der Waals surface area contributed by atoms with Crippen molar-refractivity contribution in [1.29, 1.82) is 0 Å². The standard InChI is InChI=1S/C22H28N2O5S/c1-4-29-21(28)16-15-7-8-22(30-15)17(16)20(27)24(9-10-25)18(22)19(26)23-14-11-12(2)5-6-13(14)3/h5-6,11,15-18,25H,4,7-10H2,1-3H3,(H,23,26)/t15-,16+,17-,18?,22?/m0/s1. The molecule has 1 spiro atoms. The van der Waals surface area contributed by atoms with Gasteiger partial charge in [0, 0.05) is 17.5 Å². The lowest BCUT2D eigenvalue weighted by molar-refractivity contribution is -0.153. The van der Waals surface area contributed by atoms with Crippen LogP contribution in [0.25, 0.3) is 0 Å². The molecule has 5 atom stereocenters. The van der Waals surface area contributed by atoms with E-state index in [0.29, 0.717) is 6.42 Å². The van der Waals surface area contributed by atoms with E-state index in [1.165, 1.54) is 4.90 Å². The normalized spacial score (nSPS) is 31.7. The predicted octanol–water partition coefficient (Wildman–Crippen LogP) is 1.89. The summed E-state index contributed by atoms with van der Waals surface area (Å²) in [6.07, 6.45) is 1.47. The number of nitrogens with one attached hydrogen (secondary N) is 1. The fourth-order valence-corrected chi connectivity index (χ4v) is 7.59. The van der Waals surface area contributed by atoms with Crippen molar-refractivity contribution >= 4 is 35.2 Å². The Morgan fingerprint density at radius 3 is 2.83 bits per heavy atom. The fourth-order valence-electron chi connectivity index (χ4n) is 5.38. The summed E-state index contributed by atoms with van der Waals surface area (Å²) in [6, 6.07) is 5.12. The molecule has 0 aromatic heterocycles. The van der Waals surface area contributed by atoms with Crippen LogP contribution in [0, 0.1) is 25.7 Å². The molecule has 2 amide bonds. The van der Waals surface area contributed by atoms with Crippen molar-refractivity contribution in [1.82, 2.24) is 4.90 Å². The smallest absolute Gasteiger partial charge is 0.310 e. The van der Waals surface area contributed by atoms with Crippen molar-refractivity contribution in [2.75, 3.05) is 25.1 Å². The highest BCUT2D eigenvalue weighted by Crippen LogP contribution is 2.66. The first-order valence-corrected chi connectivity index (χ1v) is 11.4. The molecule has 30 heavy (non-hydrogen) atoms. The summed E-state index contributed by atoms with van der Waals surface area (Å²) in [5.74, 6) is -1.95. The SMILES string of the molecule is CCOC(=O)[C@@H]1[C@@H]2CCC3(S2)C(C(=O)Nc2cc(C)ccc2C)N(CCO)C(=O)[C@H]13. The van der Waals surface area contributed by atoms with Crippen molar-refractivity contribution < 1.29 is 24.2 Å². The van der Waals surface area contributed by atoms with Crippen molar-refractivity contribution in [2.45, 2.75) is 49.7 Å². The zero-order chi connectivity index (χ0) is 21.6. The van der Waals surface area contributed by atoms with E-state index in [-0.39, 0.29) is 42.8 Å². The number of fused-ring (bicyclic) bond motifs is 1. The third-order valence-corrected chi connectivity index (χ3v) is 8.55. The van der Waals surface area contributed by atoms with Crippen molar-refractivity contribution in [3.63, 3.8) is 0 Å². The average molecular weight is 433 g/mol. The van der Waals surface area contributed by atoms with Gasteiger partial charge in [-0.3, -0.25) is 14.4 Å². The lowest BCUT2D eigenvalue weighted by atomic mass is 9.71. The van der Waals surface area contributed by atoms with E-state index in [2.05, 4.69) is 5.32 Å². The Morgan fingerprint density at radius 2 is 2.13 bits per heavy atom. The number of carbonyl (C=O) groups is 3. The molecular weight excluding hydrogens is 404 g/mol. The highest BCUT2D eigenvalue weighted by Gasteiger charge is 2.73. The number of hydrogen-bond donors (Lipinski definition) is 2. The molecule has 2 N–H and O–H groups in total. The molecule has 0 radical (unpaired) electrons. The monoisotopic (exact) mass is 432 g/mol. The van der Waals surface area contributed by atoms with E-state index < -0.39 is 22.6 Å². The average Bonchev–Trinajstić information content (AvgIpc) is 3.33. The summed E-state index contributed by atoms with van der Waals surface area (Å²) in [4.78, 5) is 41.1. The number of anilines is 1. The molecule has 162 valence electrons. The zero-order valence-corrected chi connectivity index (χ0v) is 18.3. The van der Waals surface area contributed by atoms with Crippen LogP contribution >= 0.6 is 11.8 Å². The summed E-state index contributed by atoms with van der Waals surface area (Å²) < 4.78 is 4.62. The van der Waals surface area contributed by atoms with Gasteiger partial charge >= 0.3 is 5.97 Å². The molecule has 0 aliphatic carbocycles. The van der Waals surface area contributed by atoms with E-state index in [1.54, 1.807) is 18.7 Å². The maximum Gasteiger partial charge on any atom is 0.310 e. The summed E-state index contributed by atoms with van der Waals surface area (Å²) >= 11 is 1.59. The molecule has 3 aliphatic rings. The van der Waals surface area contributed by atoms with E-state index >= 15 is 0 Å². The molecule has 3 fully saturated rings. The van der Waals surface area contributed by atoms with Crippen molar-refractivity contribution in [3.8, 4) is 0 Å². The largest absolute Gasteiger partial charge is 0.466 e. The number of nitrogens with zero attached hydrogens (tertiary/aromatic N) is 1. The summed E-state index contributed by atoms with van der Waals surface area (Å²) in [6.45, 7) is 5.73. The van der Waals surface area contributed by atoms with Crippen LogP contribution in [-0.2, 0) is 19.1 Å². The number of thioether (sulfide) groups is 1. The number of aliphatic hydroxyl groups is 1. The molecule has 1 aromatic rings. The number of β-amino-alcohol motifs (C(OH)–C–C–N with tert-alkyl or cyclic N) is 1. The second-order valence-electron chi connectivity index (χ2n) is 8.37. The molecular formula is C22H28N2O5S. The number of rotatable bonds is 6. The number of ether oxygens (including phenoxy) is 1. The summed E-state index contributed by atoms with van der Waals surface area (Å²) in [5.41, 5.74) is 2.68. The first kappa shape index (κ1) is 21.2. The van der Waals surface area contributed by atoms with Gasteiger partial charge in [-0.25, -0.2) is 0 Å². The minimum absolute atomic E-state index is 0.00900. The molecule has 3 aliphatic heterocycles. The van der Waals surface area contributed by atoms with Gasteiger partial charge in [0.1, 0.15) is 6.04 Å². The number of likely N-dealkylation sites (tertiary alicyclic amines) is 1. The van der Waals surface area contributed by atoms with Gasteiger partial charge in [-0.2, -0.15) is 0 Å². The fraction of sp³-hybridized carbons (Fsp3) is 0.591. The van der Waals surface area contributed by atoms with Crippen LogP contribution in [0.2, 0.25) is 0 Å². The molecule has 3 heterocycles. The summed E-state index contributed by atoms with van der Waals surface area (Å²) in [7, 11) is 0. The topological polar surface area (TPSA) is 95.9 Å². The van der Waals surface area contributed by atoms with E-state index in [1.807, 2.05) is 32.0 Å². The molecule has 7 nitrogen and oxygen atoms in total. The van der Waals surface area contributed by atoms with E-state index in [0.717, 1.165) is 23.2 Å². The number of hydrogen-bond acceptors (Lipinski definition) is 6. The Morgan fingerprint density at radius 1 is 1.37 bits per heavy atom. The lowest BCUT2D eigenvalue weighted by Crippen LogP contribution is -2.51. The van der Waals surface area contributed by atoms with Gasteiger partial charge in [0.2, 0.25) is 11.8 Å². The van der Waals surface area contributed by atoms with E-state index in [4.69, 9.17) is 4.74 Å². The molecule has 2 unspecified atom stereocenters. The Hall–Kier alpha value is -2.06. The molecule has 2 bridgehead atoms. The maximum atomic E-state index is 13.5. The number of esters is 1. The van der Waals surface area contributed by atoms with Crippen LogP contribution < -0.4 is 5.32 Å². The van der Waals surface area contributed by atoms with Gasteiger partial charge in [-0.05, 0) is 50.8 Å². The Balaban J connectivity index is 1.69. The first-order chi connectivity index (χ1) is 14.3. The molecule has 4 rings (SSSR count). The van der Waals surface area contributed by atoms with Crippen LogP contribution in [0.3, 0.4) is 0 Å². The lowest BCUT2D eigenvalue weighted by Gasteiger charge is -2.34. The second-order valence-corrected chi connectivity index (χ2v) is 9.97. The van der Waals surface area contributed by atoms with Crippen LogP contribution in [-0.4, -0.2) is 63.6 Å². The van der Waals surface area contributed by atoms with Crippen molar-refractivity contribution in [3.05, 3.63) is 29.3 Å². The van der Waals surface area contributed by atoms with Gasteiger partial charge < -0.3 is 20.1 Å². The summed E-state index contributed by atoms with van der Waals surface area (Å²) in [5, 5.41) is 12.6. The number of aliphatic hydroxyl groups excluding tert-OH is 1. The van der Waals surface area contributed by atoms with Gasteiger partial charge in [0.15, 0.2) is 0 Å². The maximum absolute atomic E-state index is 13.5. The number of amides is 2. The number of benzene rings is 1. The van der Waals surface area contributed by atoms with Gasteiger partial charge in [-0.15, -0.1) is 11.8 Å². The molecule has 3 saturated heterocycles. The van der Waals surface area contributed by atoms with Crippen LogP contribution in [0.15, 0.2) is 18.2 Å².